The summed E-state index contributed by atoms with van der Waals surface area (Å²) in [5, 5.41) is 4.15. The first-order valence-electron chi connectivity index (χ1n) is 11.3. The lowest BCUT2D eigenvalue weighted by Gasteiger charge is -2.34. The van der Waals surface area contributed by atoms with Crippen molar-refractivity contribution in [3.8, 4) is 11.3 Å². The van der Waals surface area contributed by atoms with Gasteiger partial charge in [0.1, 0.15) is 11.9 Å². The van der Waals surface area contributed by atoms with Crippen LogP contribution in [-0.4, -0.2) is 45.3 Å². The second-order valence-electron chi connectivity index (χ2n) is 9.12. The number of hydrogen-bond acceptors (Lipinski definition) is 5. The van der Waals surface area contributed by atoms with Crippen LogP contribution in [0.3, 0.4) is 0 Å². The Balaban J connectivity index is 1.44. The van der Waals surface area contributed by atoms with Gasteiger partial charge in [0.15, 0.2) is 5.76 Å². The molecule has 0 saturated heterocycles. The molecule has 5 rings (SSSR count). The molecule has 3 aromatic rings. The molecule has 2 aliphatic heterocycles. The fourth-order valence-electron chi connectivity index (χ4n) is 4.69. The Morgan fingerprint density at radius 3 is 2.32 bits per heavy atom. The van der Waals surface area contributed by atoms with Gasteiger partial charge in [-0.15, -0.1) is 0 Å². The van der Waals surface area contributed by atoms with Gasteiger partial charge in [0.2, 0.25) is 5.91 Å². The second-order valence-corrected chi connectivity index (χ2v) is 9.12. The highest BCUT2D eigenvalue weighted by Gasteiger charge is 2.44. The van der Waals surface area contributed by atoms with Gasteiger partial charge in [-0.1, -0.05) is 31.1 Å². The minimum Gasteiger partial charge on any atom is -0.356 e. The van der Waals surface area contributed by atoms with Crippen molar-refractivity contribution in [2.45, 2.75) is 39.3 Å². The van der Waals surface area contributed by atoms with Crippen LogP contribution < -0.4 is 0 Å². The number of hydrogen-bond donors (Lipinski definition) is 0. The fourth-order valence-corrected chi connectivity index (χ4v) is 4.69. The highest BCUT2D eigenvalue weighted by molar-refractivity contribution is 6.22. The second kappa shape index (κ2) is 8.52. The number of fused-ring (bicyclic) bond motifs is 2. The minimum absolute atomic E-state index is 0.0870. The first-order chi connectivity index (χ1) is 16.3. The Labute approximate surface area is 196 Å². The van der Waals surface area contributed by atoms with E-state index in [4.69, 9.17) is 4.52 Å². The van der Waals surface area contributed by atoms with E-state index in [9.17, 15) is 18.8 Å². The van der Waals surface area contributed by atoms with Crippen LogP contribution in [0.2, 0.25) is 0 Å². The summed E-state index contributed by atoms with van der Waals surface area (Å²) in [7, 11) is 0. The Kier molecular flexibility index (Phi) is 5.51. The summed E-state index contributed by atoms with van der Waals surface area (Å²) in [5.74, 6) is -0.923. The van der Waals surface area contributed by atoms with E-state index in [1.807, 2.05) is 13.8 Å². The Hall–Kier alpha value is -3.81. The number of benzene rings is 2. The zero-order valence-corrected chi connectivity index (χ0v) is 19.0. The number of nitrogens with zero attached hydrogens (tertiary/aromatic N) is 3. The summed E-state index contributed by atoms with van der Waals surface area (Å²) in [4.78, 5) is 42.8. The smallest absolute Gasteiger partial charge is 0.262 e. The van der Waals surface area contributed by atoms with Gasteiger partial charge in [0.25, 0.3) is 11.8 Å². The van der Waals surface area contributed by atoms with Crippen LogP contribution in [0.1, 0.15) is 52.2 Å². The van der Waals surface area contributed by atoms with E-state index in [-0.39, 0.29) is 24.2 Å². The molecule has 0 aliphatic carbocycles. The van der Waals surface area contributed by atoms with Crippen LogP contribution in [0.4, 0.5) is 4.39 Å². The summed E-state index contributed by atoms with van der Waals surface area (Å²) in [5.41, 5.74) is 2.84. The van der Waals surface area contributed by atoms with E-state index in [1.54, 1.807) is 41.3 Å². The SMILES string of the molecule is CC(C)CC(C(=O)N1CCc2noc(-c3ccc(F)cc3)c2C1)N1C(=O)c2ccccc2C1=O. The van der Waals surface area contributed by atoms with Gasteiger partial charge >= 0.3 is 0 Å². The van der Waals surface area contributed by atoms with Gasteiger partial charge in [0, 0.05) is 24.1 Å². The van der Waals surface area contributed by atoms with E-state index in [0.29, 0.717) is 41.8 Å². The number of carbonyl (C=O) groups is 3. The zero-order valence-electron chi connectivity index (χ0n) is 19.0. The summed E-state index contributed by atoms with van der Waals surface area (Å²) in [6, 6.07) is 11.7. The molecule has 2 aromatic carbocycles. The predicted molar refractivity (Wildman–Crippen MR) is 121 cm³/mol. The van der Waals surface area contributed by atoms with Gasteiger partial charge in [-0.05, 0) is 48.7 Å². The Morgan fingerprint density at radius 2 is 1.71 bits per heavy atom. The molecule has 0 spiro atoms. The maximum Gasteiger partial charge on any atom is 0.262 e. The van der Waals surface area contributed by atoms with E-state index in [0.717, 1.165) is 16.2 Å². The van der Waals surface area contributed by atoms with Crippen molar-refractivity contribution in [3.63, 3.8) is 0 Å². The maximum absolute atomic E-state index is 13.8. The zero-order chi connectivity index (χ0) is 24.0. The van der Waals surface area contributed by atoms with Crippen LogP contribution in [0.5, 0.6) is 0 Å². The molecule has 0 N–H and O–H groups in total. The number of carbonyl (C=O) groups excluding carboxylic acids is 3. The number of imide groups is 1. The molecule has 7 nitrogen and oxygen atoms in total. The molecule has 0 bridgehead atoms. The Bertz CT molecular complexity index is 1250. The summed E-state index contributed by atoms with van der Waals surface area (Å²) >= 11 is 0. The van der Waals surface area contributed by atoms with Gasteiger partial charge in [0.05, 0.1) is 23.4 Å². The van der Waals surface area contributed by atoms with Gasteiger partial charge < -0.3 is 9.42 Å². The largest absolute Gasteiger partial charge is 0.356 e. The molecule has 34 heavy (non-hydrogen) atoms. The lowest BCUT2D eigenvalue weighted by molar-refractivity contribution is -0.137. The molecule has 174 valence electrons. The number of halogens is 1. The third-order valence-electron chi connectivity index (χ3n) is 6.37. The van der Waals surface area contributed by atoms with Crippen molar-refractivity contribution in [2.75, 3.05) is 6.54 Å². The van der Waals surface area contributed by atoms with Gasteiger partial charge in [-0.2, -0.15) is 0 Å². The molecule has 0 radical (unpaired) electrons. The normalized spacial score (nSPS) is 16.1. The molecule has 1 aromatic heterocycles. The summed E-state index contributed by atoms with van der Waals surface area (Å²) in [6.07, 6.45) is 0.852. The van der Waals surface area contributed by atoms with E-state index in [2.05, 4.69) is 5.16 Å². The fraction of sp³-hybridized carbons (Fsp3) is 0.308. The summed E-state index contributed by atoms with van der Waals surface area (Å²) < 4.78 is 18.9. The molecule has 2 aliphatic rings. The van der Waals surface area contributed by atoms with Gasteiger partial charge in [-0.25, -0.2) is 4.39 Å². The molecule has 0 fully saturated rings. The summed E-state index contributed by atoms with van der Waals surface area (Å²) in [6.45, 7) is 4.56. The third kappa shape index (κ3) is 3.69. The third-order valence-corrected chi connectivity index (χ3v) is 6.37. The Morgan fingerprint density at radius 1 is 1.06 bits per heavy atom. The number of rotatable bonds is 5. The molecule has 8 heteroatoms. The van der Waals surface area contributed by atoms with E-state index < -0.39 is 17.9 Å². The average molecular weight is 461 g/mol. The van der Waals surface area contributed by atoms with Crippen molar-refractivity contribution in [1.29, 1.82) is 0 Å². The highest BCUT2D eigenvalue weighted by atomic mass is 19.1. The standard InChI is InChI=1S/C26H24FN3O4/c1-15(2)13-22(30-24(31)18-5-3-4-6-19(18)25(30)32)26(33)29-12-11-21-20(14-29)23(34-28-21)16-7-9-17(27)10-8-16/h3-10,15,22H,11-14H2,1-2H3. The molecule has 3 heterocycles. The molecule has 3 amide bonds. The predicted octanol–water partition coefficient (Wildman–Crippen LogP) is 4.08. The lowest BCUT2D eigenvalue weighted by Crippen LogP contribution is -2.52. The quantitative estimate of drug-likeness (QED) is 0.535. The topological polar surface area (TPSA) is 83.7 Å². The van der Waals surface area contributed by atoms with Crippen molar-refractivity contribution < 1.29 is 23.3 Å². The first-order valence-corrected chi connectivity index (χ1v) is 11.3. The van der Waals surface area contributed by atoms with Crippen LogP contribution >= 0.6 is 0 Å². The minimum atomic E-state index is -0.900. The molecular weight excluding hydrogens is 437 g/mol. The molecule has 1 atom stereocenters. The van der Waals surface area contributed by atoms with Crippen molar-refractivity contribution in [3.05, 3.63) is 76.7 Å². The first kappa shape index (κ1) is 22.0. The monoisotopic (exact) mass is 461 g/mol. The van der Waals surface area contributed by atoms with E-state index in [1.165, 1.54) is 12.1 Å². The molecule has 0 saturated carbocycles. The van der Waals surface area contributed by atoms with E-state index >= 15 is 0 Å². The van der Waals surface area contributed by atoms with Crippen molar-refractivity contribution in [1.82, 2.24) is 15.0 Å². The van der Waals surface area contributed by atoms with Crippen LogP contribution in [0.25, 0.3) is 11.3 Å². The maximum atomic E-state index is 13.8. The van der Waals surface area contributed by atoms with Crippen LogP contribution in [0.15, 0.2) is 53.1 Å². The number of aromatic nitrogens is 1. The average Bonchev–Trinajstić information content (AvgIpc) is 3.36. The van der Waals surface area contributed by atoms with Crippen LogP contribution in [-0.2, 0) is 17.8 Å². The van der Waals surface area contributed by atoms with Crippen molar-refractivity contribution >= 4 is 17.7 Å². The molecular formula is C26H24FN3O4. The van der Waals surface area contributed by atoms with Gasteiger partial charge in [-0.3, -0.25) is 19.3 Å². The van der Waals surface area contributed by atoms with Crippen LogP contribution in [0, 0.1) is 11.7 Å². The number of amides is 3. The highest BCUT2D eigenvalue weighted by Crippen LogP contribution is 2.33. The lowest BCUT2D eigenvalue weighted by atomic mass is 9.98. The molecule has 1 unspecified atom stereocenters. The van der Waals surface area contributed by atoms with Crippen molar-refractivity contribution in [2.24, 2.45) is 5.92 Å².